The second-order valence-corrected chi connectivity index (χ2v) is 16.6. The van der Waals surface area contributed by atoms with Crippen LogP contribution in [-0.4, -0.2) is 0 Å². The molecule has 0 fully saturated rings. The minimum atomic E-state index is -0.105. The predicted molar refractivity (Wildman–Crippen MR) is 256 cm³/mol. The van der Waals surface area contributed by atoms with Gasteiger partial charge in [0.05, 0.1) is 17.1 Å². The molecule has 11 rings (SSSR count). The summed E-state index contributed by atoms with van der Waals surface area (Å²) < 4.78 is 0. The van der Waals surface area contributed by atoms with Crippen LogP contribution in [0, 0.1) is 6.92 Å². The van der Waals surface area contributed by atoms with Crippen molar-refractivity contribution in [1.29, 1.82) is 0 Å². The zero-order valence-corrected chi connectivity index (χ0v) is 34.1. The fourth-order valence-corrected chi connectivity index (χ4v) is 9.69. The Morgan fingerprint density at radius 3 is 1.52 bits per heavy atom. The SMILES string of the molecule is Cc1ccc(N(c2cccc3ccccc23)c2ccc(-c3ccc(N(c4ccc5c(c4)C(C)(C)c4ccccc4-5)c4cccc5ccccc45)cc3)c3ccccc23)cc1. The van der Waals surface area contributed by atoms with Gasteiger partial charge in [0.2, 0.25) is 0 Å². The summed E-state index contributed by atoms with van der Waals surface area (Å²) in [5.74, 6) is 0. The number of fused-ring (bicyclic) bond motifs is 6. The van der Waals surface area contributed by atoms with E-state index in [-0.39, 0.29) is 5.41 Å². The van der Waals surface area contributed by atoms with Gasteiger partial charge in [0, 0.05) is 38.6 Å². The summed E-state index contributed by atoms with van der Waals surface area (Å²) in [6, 6.07) is 78.1. The summed E-state index contributed by atoms with van der Waals surface area (Å²) >= 11 is 0. The lowest BCUT2D eigenvalue weighted by molar-refractivity contribution is 0.660. The van der Waals surface area contributed by atoms with Gasteiger partial charge in [-0.2, -0.15) is 0 Å². The van der Waals surface area contributed by atoms with Gasteiger partial charge < -0.3 is 9.80 Å². The Morgan fingerprint density at radius 2 is 0.817 bits per heavy atom. The largest absolute Gasteiger partial charge is 0.310 e. The molecule has 10 aromatic carbocycles. The van der Waals surface area contributed by atoms with Gasteiger partial charge in [-0.3, -0.25) is 0 Å². The Hall–Kier alpha value is -7.42. The van der Waals surface area contributed by atoms with Crippen LogP contribution < -0.4 is 9.80 Å². The molecular weight excluding hydrogens is 725 g/mol. The van der Waals surface area contributed by atoms with E-state index in [2.05, 4.69) is 243 Å². The van der Waals surface area contributed by atoms with E-state index >= 15 is 0 Å². The maximum Gasteiger partial charge on any atom is 0.0540 e. The van der Waals surface area contributed by atoms with Crippen molar-refractivity contribution >= 4 is 66.4 Å². The van der Waals surface area contributed by atoms with Crippen LogP contribution >= 0.6 is 0 Å². The van der Waals surface area contributed by atoms with Crippen molar-refractivity contribution in [2.45, 2.75) is 26.2 Å². The van der Waals surface area contributed by atoms with Gasteiger partial charge in [-0.05, 0) is 111 Å². The molecule has 0 atom stereocenters. The molecule has 2 heteroatoms. The van der Waals surface area contributed by atoms with Crippen molar-refractivity contribution in [3.8, 4) is 22.3 Å². The Morgan fingerprint density at radius 1 is 0.333 bits per heavy atom. The molecular formula is C58H44N2. The van der Waals surface area contributed by atoms with E-state index in [0.29, 0.717) is 0 Å². The maximum atomic E-state index is 2.44. The van der Waals surface area contributed by atoms with E-state index in [4.69, 9.17) is 0 Å². The average molecular weight is 769 g/mol. The number of anilines is 6. The Bertz CT molecular complexity index is 3240. The first-order valence-electron chi connectivity index (χ1n) is 20.9. The van der Waals surface area contributed by atoms with Gasteiger partial charge in [-0.25, -0.2) is 0 Å². The molecule has 286 valence electrons. The molecule has 0 saturated carbocycles. The van der Waals surface area contributed by atoms with Gasteiger partial charge in [0.25, 0.3) is 0 Å². The fraction of sp³-hybridized carbons (Fsp3) is 0.0690. The van der Waals surface area contributed by atoms with E-state index in [1.807, 2.05) is 0 Å². The molecule has 2 nitrogen and oxygen atoms in total. The number of nitrogens with zero attached hydrogens (tertiary/aromatic N) is 2. The Balaban J connectivity index is 1.05. The zero-order chi connectivity index (χ0) is 40.4. The first-order chi connectivity index (χ1) is 29.4. The van der Waals surface area contributed by atoms with Crippen LogP contribution in [0.4, 0.5) is 34.1 Å². The topological polar surface area (TPSA) is 6.48 Å². The zero-order valence-electron chi connectivity index (χ0n) is 34.1. The average Bonchev–Trinajstić information content (AvgIpc) is 3.53. The van der Waals surface area contributed by atoms with E-state index in [1.54, 1.807) is 0 Å². The van der Waals surface area contributed by atoms with Crippen LogP contribution in [0.15, 0.2) is 212 Å². The van der Waals surface area contributed by atoms with Gasteiger partial charge >= 0.3 is 0 Å². The molecule has 0 aliphatic heterocycles. The van der Waals surface area contributed by atoms with Crippen molar-refractivity contribution in [1.82, 2.24) is 0 Å². The first kappa shape index (κ1) is 35.7. The molecule has 0 unspecified atom stereocenters. The molecule has 1 aliphatic rings. The van der Waals surface area contributed by atoms with Crippen molar-refractivity contribution in [3.05, 3.63) is 229 Å². The van der Waals surface area contributed by atoms with Crippen molar-refractivity contribution in [3.63, 3.8) is 0 Å². The summed E-state index contributed by atoms with van der Waals surface area (Å²) in [6.07, 6.45) is 0. The Labute approximate surface area is 352 Å². The number of benzene rings is 10. The van der Waals surface area contributed by atoms with Gasteiger partial charge in [0.15, 0.2) is 0 Å². The lowest BCUT2D eigenvalue weighted by Crippen LogP contribution is -2.16. The van der Waals surface area contributed by atoms with E-state index in [9.17, 15) is 0 Å². The summed E-state index contributed by atoms with van der Waals surface area (Å²) in [6.45, 7) is 6.86. The third kappa shape index (κ3) is 5.79. The molecule has 0 spiro atoms. The minimum Gasteiger partial charge on any atom is -0.310 e. The highest BCUT2D eigenvalue weighted by Crippen LogP contribution is 2.51. The fourth-order valence-electron chi connectivity index (χ4n) is 9.69. The predicted octanol–water partition coefficient (Wildman–Crippen LogP) is 16.4. The monoisotopic (exact) mass is 768 g/mol. The molecule has 10 aromatic rings. The number of aryl methyl sites for hydroxylation is 1. The normalized spacial score (nSPS) is 12.7. The lowest BCUT2D eigenvalue weighted by Gasteiger charge is -2.29. The third-order valence-electron chi connectivity index (χ3n) is 12.7. The summed E-state index contributed by atoms with van der Waals surface area (Å²) in [5, 5.41) is 7.30. The number of hydrogen-bond acceptors (Lipinski definition) is 2. The molecule has 1 aliphatic carbocycles. The lowest BCUT2D eigenvalue weighted by atomic mass is 9.82. The van der Waals surface area contributed by atoms with Crippen LogP contribution in [0.25, 0.3) is 54.6 Å². The standard InChI is InChI=1S/C58H44N2/c1-39-26-30-44(31-27-39)60(56-25-13-17-41-15-5-7-19-48(41)56)57-37-36-46(49-20-8-9-22-52(49)57)42-28-32-43(33-29-42)59(55-24-12-16-40-14-4-6-18-47(40)55)45-34-35-51-50-21-10-11-23-53(50)58(2,3)54(51)38-45/h4-38H,1-3H3. The van der Waals surface area contributed by atoms with E-state index < -0.39 is 0 Å². The van der Waals surface area contributed by atoms with Gasteiger partial charge in [-0.15, -0.1) is 0 Å². The summed E-state index contributed by atoms with van der Waals surface area (Å²) in [4.78, 5) is 4.87. The van der Waals surface area contributed by atoms with Crippen LogP contribution in [0.5, 0.6) is 0 Å². The third-order valence-corrected chi connectivity index (χ3v) is 12.7. The van der Waals surface area contributed by atoms with E-state index in [0.717, 1.165) is 34.1 Å². The first-order valence-corrected chi connectivity index (χ1v) is 20.9. The number of hydrogen-bond donors (Lipinski definition) is 0. The number of rotatable bonds is 7. The molecule has 0 radical (unpaired) electrons. The van der Waals surface area contributed by atoms with Crippen LogP contribution in [0.1, 0.15) is 30.5 Å². The van der Waals surface area contributed by atoms with Crippen molar-refractivity contribution in [2.75, 3.05) is 9.80 Å². The second kappa shape index (κ2) is 14.1. The van der Waals surface area contributed by atoms with Crippen molar-refractivity contribution < 1.29 is 0 Å². The quantitative estimate of drug-likeness (QED) is 0.159. The molecule has 0 heterocycles. The molecule has 0 saturated heterocycles. The Kier molecular flexibility index (Phi) is 8.42. The second-order valence-electron chi connectivity index (χ2n) is 16.6. The van der Waals surface area contributed by atoms with E-state index in [1.165, 1.54) is 71.3 Å². The van der Waals surface area contributed by atoms with Gasteiger partial charge in [0.1, 0.15) is 0 Å². The van der Waals surface area contributed by atoms with Crippen LogP contribution in [0.3, 0.4) is 0 Å². The highest BCUT2D eigenvalue weighted by Gasteiger charge is 2.36. The smallest absolute Gasteiger partial charge is 0.0540 e. The molecule has 0 bridgehead atoms. The van der Waals surface area contributed by atoms with Gasteiger partial charge in [-0.1, -0.05) is 177 Å². The summed E-state index contributed by atoms with van der Waals surface area (Å²) in [7, 11) is 0. The maximum absolute atomic E-state index is 2.44. The van der Waals surface area contributed by atoms with Crippen LogP contribution in [-0.2, 0) is 5.41 Å². The molecule has 0 aromatic heterocycles. The molecule has 60 heavy (non-hydrogen) atoms. The summed E-state index contributed by atoms with van der Waals surface area (Å²) in [5.41, 5.74) is 15.8. The van der Waals surface area contributed by atoms with Crippen LogP contribution in [0.2, 0.25) is 0 Å². The highest BCUT2D eigenvalue weighted by atomic mass is 15.1. The highest BCUT2D eigenvalue weighted by molar-refractivity contribution is 6.09. The molecule has 0 N–H and O–H groups in total. The molecule has 0 amide bonds. The van der Waals surface area contributed by atoms with Crippen molar-refractivity contribution in [2.24, 2.45) is 0 Å². The minimum absolute atomic E-state index is 0.105.